The summed E-state index contributed by atoms with van der Waals surface area (Å²) >= 11 is 0. The van der Waals surface area contributed by atoms with Crippen molar-refractivity contribution in [1.29, 1.82) is 0 Å². The zero-order valence-electron chi connectivity index (χ0n) is 12.2. The number of hydrogen-bond acceptors (Lipinski definition) is 4. The lowest BCUT2D eigenvalue weighted by molar-refractivity contribution is 0.154. The number of carbonyl (C=O) groups excluding carboxylic acids is 2. The standard InChI is InChI=1S/C12H22N6O2/c1-15-3-7-17(8-4-15)11(19)13-14-12(20)18-9-5-16(2)6-10-18/h3-10H2,1-2H3/b14-13+. The molecule has 8 heteroatoms. The molecule has 0 radical (unpaired) electrons. The largest absolute Gasteiger partial charge is 0.362 e. The van der Waals surface area contributed by atoms with Crippen LogP contribution in [0.25, 0.3) is 0 Å². The molecule has 2 fully saturated rings. The number of amides is 4. The minimum Gasteiger partial charge on any atom is -0.319 e. The molecule has 0 unspecified atom stereocenters. The Bertz CT molecular complexity index is 347. The summed E-state index contributed by atoms with van der Waals surface area (Å²) in [6.45, 7) is 5.85. The maximum Gasteiger partial charge on any atom is 0.362 e. The second-order valence-corrected chi connectivity index (χ2v) is 5.35. The highest BCUT2D eigenvalue weighted by Crippen LogP contribution is 2.04. The molecule has 112 valence electrons. The van der Waals surface area contributed by atoms with Crippen molar-refractivity contribution in [1.82, 2.24) is 19.6 Å². The van der Waals surface area contributed by atoms with Gasteiger partial charge in [-0.15, -0.1) is 0 Å². The van der Waals surface area contributed by atoms with Gasteiger partial charge in [0.25, 0.3) is 0 Å². The molecule has 2 heterocycles. The van der Waals surface area contributed by atoms with E-state index in [1.54, 1.807) is 9.80 Å². The first-order chi connectivity index (χ1) is 9.56. The summed E-state index contributed by atoms with van der Waals surface area (Å²) in [5.74, 6) is 0. The summed E-state index contributed by atoms with van der Waals surface area (Å²) in [6.07, 6.45) is 0. The van der Waals surface area contributed by atoms with Crippen molar-refractivity contribution >= 4 is 12.1 Å². The van der Waals surface area contributed by atoms with E-state index in [9.17, 15) is 9.59 Å². The maximum atomic E-state index is 11.8. The normalized spacial score (nSPS) is 22.5. The van der Waals surface area contributed by atoms with Crippen LogP contribution in [0.4, 0.5) is 9.59 Å². The van der Waals surface area contributed by atoms with Crippen LogP contribution >= 0.6 is 0 Å². The number of azo groups is 1. The molecule has 2 aliphatic rings. The van der Waals surface area contributed by atoms with Gasteiger partial charge in [0.1, 0.15) is 0 Å². The van der Waals surface area contributed by atoms with Crippen molar-refractivity contribution in [2.75, 3.05) is 66.5 Å². The van der Waals surface area contributed by atoms with Crippen molar-refractivity contribution in [3.63, 3.8) is 0 Å². The molecule has 0 bridgehead atoms. The van der Waals surface area contributed by atoms with E-state index in [1.165, 1.54) is 0 Å². The fourth-order valence-corrected chi connectivity index (χ4v) is 2.21. The SMILES string of the molecule is CN1CCN(C(=O)/N=N/C(=O)N2CCN(C)CC2)CC1. The number of hydrogen-bond donors (Lipinski definition) is 0. The van der Waals surface area contributed by atoms with Gasteiger partial charge in [-0.2, -0.15) is 0 Å². The van der Waals surface area contributed by atoms with Crippen molar-refractivity contribution in [2.45, 2.75) is 0 Å². The lowest BCUT2D eigenvalue weighted by Gasteiger charge is -2.31. The molecule has 0 aromatic rings. The zero-order valence-corrected chi connectivity index (χ0v) is 12.2. The summed E-state index contributed by atoms with van der Waals surface area (Å²) in [5.41, 5.74) is 0. The highest BCUT2D eigenvalue weighted by molar-refractivity contribution is 5.79. The quantitative estimate of drug-likeness (QED) is 0.594. The lowest BCUT2D eigenvalue weighted by Crippen LogP contribution is -2.47. The fourth-order valence-electron chi connectivity index (χ4n) is 2.21. The average Bonchev–Trinajstić information content (AvgIpc) is 2.46. The molecule has 0 atom stereocenters. The molecule has 0 aromatic heterocycles. The van der Waals surface area contributed by atoms with E-state index in [4.69, 9.17) is 0 Å². The van der Waals surface area contributed by atoms with Crippen LogP contribution in [-0.2, 0) is 0 Å². The van der Waals surface area contributed by atoms with Crippen LogP contribution in [0.3, 0.4) is 0 Å². The van der Waals surface area contributed by atoms with Crippen molar-refractivity contribution in [3.05, 3.63) is 0 Å². The molecule has 0 spiro atoms. The number of urea groups is 2. The van der Waals surface area contributed by atoms with E-state index >= 15 is 0 Å². The van der Waals surface area contributed by atoms with E-state index in [1.807, 2.05) is 14.1 Å². The predicted molar refractivity (Wildman–Crippen MR) is 73.8 cm³/mol. The Morgan fingerprint density at radius 1 is 0.650 bits per heavy atom. The smallest absolute Gasteiger partial charge is 0.319 e. The van der Waals surface area contributed by atoms with Gasteiger partial charge in [0.15, 0.2) is 0 Å². The molecule has 4 amide bonds. The third-order valence-electron chi connectivity index (χ3n) is 3.77. The van der Waals surface area contributed by atoms with Gasteiger partial charge in [-0.3, -0.25) is 0 Å². The van der Waals surface area contributed by atoms with Crippen LogP contribution in [0.2, 0.25) is 0 Å². The van der Waals surface area contributed by atoms with Gasteiger partial charge in [0.05, 0.1) is 0 Å². The number of likely N-dealkylation sites (N-methyl/N-ethyl adjacent to an activating group) is 2. The third kappa shape index (κ3) is 3.97. The number of carbonyl (C=O) groups is 2. The van der Waals surface area contributed by atoms with Gasteiger partial charge in [0.2, 0.25) is 0 Å². The monoisotopic (exact) mass is 282 g/mol. The van der Waals surface area contributed by atoms with Crippen molar-refractivity contribution in [2.24, 2.45) is 10.2 Å². The summed E-state index contributed by atoms with van der Waals surface area (Å²) < 4.78 is 0. The van der Waals surface area contributed by atoms with Gasteiger partial charge in [-0.1, -0.05) is 10.2 Å². The molecule has 0 N–H and O–H groups in total. The summed E-state index contributed by atoms with van der Waals surface area (Å²) in [4.78, 5) is 31.2. The maximum absolute atomic E-state index is 11.8. The van der Waals surface area contributed by atoms with Crippen LogP contribution in [0.5, 0.6) is 0 Å². The fraction of sp³-hybridized carbons (Fsp3) is 0.833. The molecule has 0 saturated carbocycles. The summed E-state index contributed by atoms with van der Waals surface area (Å²) in [6, 6.07) is -0.832. The highest BCUT2D eigenvalue weighted by atomic mass is 16.2. The molecule has 2 aliphatic heterocycles. The van der Waals surface area contributed by atoms with Crippen molar-refractivity contribution < 1.29 is 9.59 Å². The molecule has 2 saturated heterocycles. The topological polar surface area (TPSA) is 71.8 Å². The number of nitrogens with zero attached hydrogens (tertiary/aromatic N) is 6. The second-order valence-electron chi connectivity index (χ2n) is 5.35. The van der Waals surface area contributed by atoms with E-state index in [-0.39, 0.29) is 0 Å². The van der Waals surface area contributed by atoms with Crippen LogP contribution < -0.4 is 0 Å². The Hall–Kier alpha value is -1.54. The lowest BCUT2D eigenvalue weighted by atomic mass is 10.3. The first-order valence-corrected chi connectivity index (χ1v) is 6.93. The number of piperazine rings is 2. The van der Waals surface area contributed by atoms with Gasteiger partial charge < -0.3 is 19.6 Å². The third-order valence-corrected chi connectivity index (χ3v) is 3.77. The van der Waals surface area contributed by atoms with Crippen molar-refractivity contribution in [3.8, 4) is 0 Å². The average molecular weight is 282 g/mol. The van der Waals surface area contributed by atoms with Gasteiger partial charge in [0, 0.05) is 52.4 Å². The van der Waals surface area contributed by atoms with E-state index in [0.717, 1.165) is 26.2 Å². The Morgan fingerprint density at radius 2 is 0.950 bits per heavy atom. The molecular formula is C12H22N6O2. The zero-order chi connectivity index (χ0) is 14.5. The summed E-state index contributed by atoms with van der Waals surface area (Å²) in [7, 11) is 4.03. The predicted octanol–water partition coefficient (Wildman–Crippen LogP) is 0.173. The van der Waals surface area contributed by atoms with Crippen LogP contribution in [0.1, 0.15) is 0 Å². The first kappa shape index (κ1) is 14.9. The van der Waals surface area contributed by atoms with Crippen LogP contribution in [0, 0.1) is 0 Å². The Kier molecular flexibility index (Phi) is 5.02. The summed E-state index contributed by atoms with van der Waals surface area (Å²) in [5, 5.41) is 7.11. The van der Waals surface area contributed by atoms with E-state index in [2.05, 4.69) is 20.0 Å². The highest BCUT2D eigenvalue weighted by Gasteiger charge is 2.21. The van der Waals surface area contributed by atoms with Gasteiger partial charge in [-0.05, 0) is 14.1 Å². The molecule has 8 nitrogen and oxygen atoms in total. The molecule has 20 heavy (non-hydrogen) atoms. The Balaban J connectivity index is 1.79. The van der Waals surface area contributed by atoms with Gasteiger partial charge >= 0.3 is 12.1 Å². The van der Waals surface area contributed by atoms with Crippen LogP contribution in [0.15, 0.2) is 10.2 Å². The van der Waals surface area contributed by atoms with E-state index < -0.39 is 12.1 Å². The molecule has 2 rings (SSSR count). The molecular weight excluding hydrogens is 260 g/mol. The van der Waals surface area contributed by atoms with Crippen LogP contribution in [-0.4, -0.2) is 98.1 Å². The molecule has 0 aromatic carbocycles. The van der Waals surface area contributed by atoms with E-state index in [0.29, 0.717) is 26.2 Å². The minimum atomic E-state index is -0.416. The minimum absolute atomic E-state index is 0.416. The Labute approximate surface area is 119 Å². The number of rotatable bonds is 0. The van der Waals surface area contributed by atoms with Gasteiger partial charge in [-0.25, -0.2) is 9.59 Å². The first-order valence-electron chi connectivity index (χ1n) is 6.93. The Morgan fingerprint density at radius 3 is 1.25 bits per heavy atom. The second kappa shape index (κ2) is 6.76. The molecule has 0 aliphatic carbocycles.